The Bertz CT molecular complexity index is 493. The van der Waals surface area contributed by atoms with Gasteiger partial charge in [-0.15, -0.1) is 0 Å². The molecule has 2 aliphatic rings. The van der Waals surface area contributed by atoms with E-state index in [1.54, 1.807) is 12.1 Å². The molecule has 0 spiro atoms. The lowest BCUT2D eigenvalue weighted by Crippen LogP contribution is -2.37. The summed E-state index contributed by atoms with van der Waals surface area (Å²) in [6.07, 6.45) is 4.22. The summed E-state index contributed by atoms with van der Waals surface area (Å²) in [4.78, 5) is 12.3. The Labute approximate surface area is 130 Å². The largest absolute Gasteiger partial charge is 0.378 e. The molecule has 0 radical (unpaired) electrons. The molecule has 4 nitrogen and oxygen atoms in total. The van der Waals surface area contributed by atoms with E-state index in [2.05, 4.69) is 5.32 Å². The van der Waals surface area contributed by atoms with Crippen molar-refractivity contribution in [1.29, 1.82) is 0 Å². The predicted molar refractivity (Wildman–Crippen MR) is 79.8 cm³/mol. The molecule has 0 unspecified atom stereocenters. The highest BCUT2D eigenvalue weighted by Gasteiger charge is 2.29. The SMILES string of the molecule is O=C(C[C@@H]1CCCO1)N[C@@H](c1ccc(F)cc1)[C@@H]1CCCO1. The third-order valence-electron chi connectivity index (χ3n) is 4.32. The van der Waals surface area contributed by atoms with Crippen LogP contribution in [0.3, 0.4) is 0 Å². The van der Waals surface area contributed by atoms with Crippen LogP contribution in [-0.4, -0.2) is 31.3 Å². The first-order valence-electron chi connectivity index (χ1n) is 8.00. The average molecular weight is 307 g/mol. The molecular weight excluding hydrogens is 285 g/mol. The molecule has 120 valence electrons. The molecule has 2 aliphatic heterocycles. The minimum atomic E-state index is -0.277. The molecule has 5 heteroatoms. The van der Waals surface area contributed by atoms with Gasteiger partial charge in [-0.3, -0.25) is 4.79 Å². The second-order valence-corrected chi connectivity index (χ2v) is 5.99. The Balaban J connectivity index is 1.67. The van der Waals surface area contributed by atoms with E-state index in [1.165, 1.54) is 12.1 Å². The number of nitrogens with one attached hydrogen (secondary N) is 1. The van der Waals surface area contributed by atoms with Crippen LogP contribution >= 0.6 is 0 Å². The predicted octanol–water partition coefficient (Wildman–Crippen LogP) is 2.73. The summed E-state index contributed by atoms with van der Waals surface area (Å²) in [7, 11) is 0. The Kier molecular flexibility index (Phi) is 5.05. The third kappa shape index (κ3) is 3.84. The summed E-state index contributed by atoms with van der Waals surface area (Å²) in [5, 5.41) is 3.06. The van der Waals surface area contributed by atoms with Gasteiger partial charge in [-0.1, -0.05) is 12.1 Å². The van der Waals surface area contributed by atoms with Gasteiger partial charge < -0.3 is 14.8 Å². The Morgan fingerprint density at radius 2 is 1.91 bits per heavy atom. The zero-order valence-electron chi connectivity index (χ0n) is 12.6. The fourth-order valence-electron chi connectivity index (χ4n) is 3.17. The number of carbonyl (C=O) groups excluding carboxylic acids is 1. The minimum Gasteiger partial charge on any atom is -0.378 e. The third-order valence-corrected chi connectivity index (χ3v) is 4.32. The molecule has 0 aliphatic carbocycles. The van der Waals surface area contributed by atoms with Crippen LogP contribution in [0.15, 0.2) is 24.3 Å². The van der Waals surface area contributed by atoms with Crippen LogP contribution in [0.5, 0.6) is 0 Å². The van der Waals surface area contributed by atoms with Crippen molar-refractivity contribution in [3.05, 3.63) is 35.6 Å². The van der Waals surface area contributed by atoms with Gasteiger partial charge in [0.25, 0.3) is 0 Å². The van der Waals surface area contributed by atoms with Crippen molar-refractivity contribution in [3.8, 4) is 0 Å². The molecule has 1 aromatic carbocycles. The van der Waals surface area contributed by atoms with E-state index < -0.39 is 0 Å². The zero-order chi connectivity index (χ0) is 15.4. The monoisotopic (exact) mass is 307 g/mol. The molecule has 0 bridgehead atoms. The highest BCUT2D eigenvalue weighted by molar-refractivity contribution is 5.77. The van der Waals surface area contributed by atoms with E-state index in [0.717, 1.165) is 37.9 Å². The number of rotatable bonds is 5. The van der Waals surface area contributed by atoms with Crippen molar-refractivity contribution in [2.45, 2.75) is 50.4 Å². The lowest BCUT2D eigenvalue weighted by atomic mass is 9.98. The van der Waals surface area contributed by atoms with Crippen LogP contribution in [0.25, 0.3) is 0 Å². The van der Waals surface area contributed by atoms with Crippen molar-refractivity contribution >= 4 is 5.91 Å². The number of ether oxygens (including phenoxy) is 2. The number of amides is 1. The molecule has 1 aromatic rings. The van der Waals surface area contributed by atoms with Gasteiger partial charge in [-0.25, -0.2) is 4.39 Å². The molecule has 1 N–H and O–H groups in total. The molecule has 2 fully saturated rings. The van der Waals surface area contributed by atoms with E-state index in [9.17, 15) is 9.18 Å². The molecule has 3 rings (SSSR count). The van der Waals surface area contributed by atoms with Gasteiger partial charge in [0.1, 0.15) is 5.82 Å². The fourth-order valence-corrected chi connectivity index (χ4v) is 3.17. The quantitative estimate of drug-likeness (QED) is 0.910. The summed E-state index contributed by atoms with van der Waals surface area (Å²) >= 11 is 0. The van der Waals surface area contributed by atoms with Gasteiger partial charge in [0.05, 0.1) is 24.7 Å². The first kappa shape index (κ1) is 15.4. The van der Waals surface area contributed by atoms with Crippen LogP contribution in [0, 0.1) is 5.82 Å². The van der Waals surface area contributed by atoms with Crippen LogP contribution in [-0.2, 0) is 14.3 Å². The maximum absolute atomic E-state index is 13.1. The van der Waals surface area contributed by atoms with E-state index in [0.29, 0.717) is 13.0 Å². The number of benzene rings is 1. The summed E-state index contributed by atoms with van der Waals surface area (Å²) in [6, 6.07) is 6.05. The van der Waals surface area contributed by atoms with Crippen LogP contribution in [0.1, 0.15) is 43.7 Å². The molecular formula is C17H22FNO3. The zero-order valence-corrected chi connectivity index (χ0v) is 12.6. The van der Waals surface area contributed by atoms with Crippen molar-refractivity contribution in [2.24, 2.45) is 0 Å². The molecule has 2 heterocycles. The topological polar surface area (TPSA) is 47.6 Å². The number of halogens is 1. The number of carbonyl (C=O) groups is 1. The Morgan fingerprint density at radius 1 is 1.18 bits per heavy atom. The first-order chi connectivity index (χ1) is 10.7. The normalized spacial score (nSPS) is 26.0. The lowest BCUT2D eigenvalue weighted by Gasteiger charge is -2.25. The second kappa shape index (κ2) is 7.20. The maximum Gasteiger partial charge on any atom is 0.223 e. The fraction of sp³-hybridized carbons (Fsp3) is 0.588. The minimum absolute atomic E-state index is 0.0263. The first-order valence-corrected chi connectivity index (χ1v) is 8.00. The highest BCUT2D eigenvalue weighted by Crippen LogP contribution is 2.27. The lowest BCUT2D eigenvalue weighted by molar-refractivity contribution is -0.125. The molecule has 2 saturated heterocycles. The van der Waals surface area contributed by atoms with Gasteiger partial charge in [-0.2, -0.15) is 0 Å². The van der Waals surface area contributed by atoms with Crippen LogP contribution in [0.4, 0.5) is 4.39 Å². The van der Waals surface area contributed by atoms with E-state index in [-0.39, 0.29) is 30.0 Å². The summed E-state index contributed by atoms with van der Waals surface area (Å²) in [5.74, 6) is -0.308. The summed E-state index contributed by atoms with van der Waals surface area (Å²) in [6.45, 7) is 1.45. The molecule has 3 atom stereocenters. The Morgan fingerprint density at radius 3 is 2.55 bits per heavy atom. The molecule has 22 heavy (non-hydrogen) atoms. The number of hydrogen-bond donors (Lipinski definition) is 1. The Hall–Kier alpha value is -1.46. The van der Waals surface area contributed by atoms with Gasteiger partial charge in [0, 0.05) is 13.2 Å². The van der Waals surface area contributed by atoms with E-state index >= 15 is 0 Å². The van der Waals surface area contributed by atoms with Crippen molar-refractivity contribution in [2.75, 3.05) is 13.2 Å². The van der Waals surface area contributed by atoms with E-state index in [1.807, 2.05) is 0 Å². The van der Waals surface area contributed by atoms with Crippen LogP contribution in [0.2, 0.25) is 0 Å². The number of hydrogen-bond acceptors (Lipinski definition) is 3. The van der Waals surface area contributed by atoms with Crippen molar-refractivity contribution in [1.82, 2.24) is 5.32 Å². The standard InChI is InChI=1S/C17H22FNO3/c18-13-7-5-12(6-8-13)17(15-4-2-10-22-15)19-16(20)11-14-3-1-9-21-14/h5-8,14-15,17H,1-4,9-11H2,(H,19,20)/t14-,15-,17-/m0/s1. The highest BCUT2D eigenvalue weighted by atomic mass is 19.1. The van der Waals surface area contributed by atoms with Crippen molar-refractivity contribution < 1.29 is 18.7 Å². The molecule has 0 aromatic heterocycles. The smallest absolute Gasteiger partial charge is 0.223 e. The van der Waals surface area contributed by atoms with Gasteiger partial charge in [0.2, 0.25) is 5.91 Å². The van der Waals surface area contributed by atoms with Crippen LogP contribution < -0.4 is 5.32 Å². The summed E-state index contributed by atoms with van der Waals surface area (Å²) < 4.78 is 24.4. The van der Waals surface area contributed by atoms with E-state index in [4.69, 9.17) is 9.47 Å². The molecule has 0 saturated carbocycles. The van der Waals surface area contributed by atoms with Gasteiger partial charge in [-0.05, 0) is 43.4 Å². The van der Waals surface area contributed by atoms with Gasteiger partial charge >= 0.3 is 0 Å². The second-order valence-electron chi connectivity index (χ2n) is 5.99. The van der Waals surface area contributed by atoms with Gasteiger partial charge in [0.15, 0.2) is 0 Å². The average Bonchev–Trinajstić information content (AvgIpc) is 3.19. The molecule has 1 amide bonds. The van der Waals surface area contributed by atoms with Crippen molar-refractivity contribution in [3.63, 3.8) is 0 Å². The maximum atomic E-state index is 13.1. The summed E-state index contributed by atoms with van der Waals surface area (Å²) in [5.41, 5.74) is 0.883.